The Morgan fingerprint density at radius 1 is 1.35 bits per heavy atom. The Hall–Kier alpha value is -2.43. The van der Waals surface area contributed by atoms with Gasteiger partial charge in [0.25, 0.3) is 5.91 Å². The van der Waals surface area contributed by atoms with E-state index in [0.29, 0.717) is 5.69 Å². The molecule has 0 spiro atoms. The molecule has 0 fully saturated rings. The molecule has 5 nitrogen and oxygen atoms in total. The number of hydrogen-bond acceptors (Lipinski definition) is 3. The first kappa shape index (κ1) is 14.0. The van der Waals surface area contributed by atoms with Crippen LogP contribution in [0.15, 0.2) is 35.4 Å². The first-order chi connectivity index (χ1) is 9.63. The number of benzene rings is 1. The Morgan fingerprint density at radius 2 is 2.05 bits per heavy atom. The maximum atomic E-state index is 12.0. The third kappa shape index (κ3) is 2.93. The normalized spacial score (nSPS) is 11.4. The van der Waals surface area contributed by atoms with Crippen LogP contribution in [0.5, 0.6) is 0 Å². The first-order valence-corrected chi connectivity index (χ1v) is 6.57. The average molecular weight is 270 g/mol. The lowest BCUT2D eigenvalue weighted by molar-refractivity contribution is 0.0949. The second kappa shape index (κ2) is 6.14. The van der Waals surface area contributed by atoms with E-state index in [1.807, 2.05) is 51.1 Å². The Labute approximate surface area is 118 Å². The zero-order chi connectivity index (χ0) is 14.5. The van der Waals surface area contributed by atoms with Crippen molar-refractivity contribution in [3.05, 3.63) is 52.8 Å². The predicted molar refractivity (Wildman–Crippen MR) is 78.8 cm³/mol. The van der Waals surface area contributed by atoms with Crippen molar-refractivity contribution < 1.29 is 4.79 Å². The number of aryl methyl sites for hydroxylation is 1. The molecule has 104 valence electrons. The number of nitrogens with one attached hydrogen (secondary N) is 2. The highest BCUT2D eigenvalue weighted by molar-refractivity contribution is 6.00. The molecule has 1 aromatic carbocycles. The summed E-state index contributed by atoms with van der Waals surface area (Å²) in [7, 11) is 0. The van der Waals surface area contributed by atoms with E-state index < -0.39 is 0 Å². The summed E-state index contributed by atoms with van der Waals surface area (Å²) >= 11 is 0. The van der Waals surface area contributed by atoms with Gasteiger partial charge in [-0.25, -0.2) is 5.43 Å². The number of amides is 1. The van der Waals surface area contributed by atoms with E-state index in [2.05, 4.69) is 20.7 Å². The summed E-state index contributed by atoms with van der Waals surface area (Å²) in [4.78, 5) is 12.0. The summed E-state index contributed by atoms with van der Waals surface area (Å²) in [6.07, 6.45) is 0.818. The van der Waals surface area contributed by atoms with Gasteiger partial charge in [0.15, 0.2) is 5.69 Å². The van der Waals surface area contributed by atoms with Crippen LogP contribution in [0.4, 0.5) is 0 Å². The summed E-state index contributed by atoms with van der Waals surface area (Å²) in [5, 5.41) is 11.0. The van der Waals surface area contributed by atoms with Crippen molar-refractivity contribution >= 4 is 11.6 Å². The third-order valence-electron chi connectivity index (χ3n) is 3.20. The molecule has 20 heavy (non-hydrogen) atoms. The topological polar surface area (TPSA) is 70.1 Å². The molecule has 0 radical (unpaired) electrons. The molecule has 0 bridgehead atoms. The molecule has 0 unspecified atom stereocenters. The van der Waals surface area contributed by atoms with Gasteiger partial charge in [-0.1, -0.05) is 37.3 Å². The van der Waals surface area contributed by atoms with Crippen molar-refractivity contribution in [3.8, 4) is 0 Å². The Morgan fingerprint density at radius 3 is 2.65 bits per heavy atom. The van der Waals surface area contributed by atoms with Crippen molar-refractivity contribution in [1.29, 1.82) is 0 Å². The van der Waals surface area contributed by atoms with Crippen molar-refractivity contribution in [1.82, 2.24) is 15.6 Å². The van der Waals surface area contributed by atoms with Crippen LogP contribution >= 0.6 is 0 Å². The van der Waals surface area contributed by atoms with Gasteiger partial charge in [0.2, 0.25) is 0 Å². The third-order valence-corrected chi connectivity index (χ3v) is 3.20. The van der Waals surface area contributed by atoms with Gasteiger partial charge in [0.1, 0.15) is 0 Å². The molecule has 1 amide bonds. The van der Waals surface area contributed by atoms with Crippen molar-refractivity contribution in [2.24, 2.45) is 5.10 Å². The van der Waals surface area contributed by atoms with Gasteiger partial charge in [0.05, 0.1) is 5.71 Å². The van der Waals surface area contributed by atoms with Crippen molar-refractivity contribution in [3.63, 3.8) is 0 Å². The van der Waals surface area contributed by atoms with E-state index in [0.717, 1.165) is 29.0 Å². The lowest BCUT2D eigenvalue weighted by Gasteiger charge is -2.02. The molecular weight excluding hydrogens is 252 g/mol. The number of H-pyrrole nitrogens is 1. The molecular formula is C15H18N4O. The zero-order valence-electron chi connectivity index (χ0n) is 11.9. The Balaban J connectivity index is 2.10. The van der Waals surface area contributed by atoms with Crippen LogP contribution in [-0.4, -0.2) is 21.8 Å². The zero-order valence-corrected chi connectivity index (χ0v) is 11.9. The van der Waals surface area contributed by atoms with Crippen LogP contribution in [0, 0.1) is 6.92 Å². The second-order valence-electron chi connectivity index (χ2n) is 4.53. The van der Waals surface area contributed by atoms with Crippen LogP contribution in [0.25, 0.3) is 0 Å². The van der Waals surface area contributed by atoms with Crippen LogP contribution < -0.4 is 5.43 Å². The molecule has 2 aromatic rings. The lowest BCUT2D eigenvalue weighted by atomic mass is 10.1. The monoisotopic (exact) mass is 270 g/mol. The van der Waals surface area contributed by atoms with Gasteiger partial charge in [-0.2, -0.15) is 10.2 Å². The number of carbonyl (C=O) groups excluding carboxylic acids is 1. The number of hydrogen-bond donors (Lipinski definition) is 2. The van der Waals surface area contributed by atoms with Crippen LogP contribution in [0.3, 0.4) is 0 Å². The number of aromatic nitrogens is 2. The largest absolute Gasteiger partial charge is 0.292 e. The van der Waals surface area contributed by atoms with E-state index in [1.54, 1.807) is 0 Å². The van der Waals surface area contributed by atoms with Gasteiger partial charge in [-0.15, -0.1) is 0 Å². The summed E-state index contributed by atoms with van der Waals surface area (Å²) in [6.45, 7) is 5.75. The fraction of sp³-hybridized carbons (Fsp3) is 0.267. The first-order valence-electron chi connectivity index (χ1n) is 6.57. The van der Waals surface area contributed by atoms with Gasteiger partial charge in [-0.05, 0) is 25.8 Å². The van der Waals surface area contributed by atoms with E-state index in [1.165, 1.54) is 0 Å². The molecule has 5 heteroatoms. The van der Waals surface area contributed by atoms with Gasteiger partial charge in [0, 0.05) is 11.3 Å². The van der Waals surface area contributed by atoms with Gasteiger partial charge >= 0.3 is 0 Å². The maximum Gasteiger partial charge on any atom is 0.292 e. The number of hydrazone groups is 1. The number of carbonyl (C=O) groups is 1. The quantitative estimate of drug-likeness (QED) is 0.661. The standard InChI is InChI=1S/C15H18N4O/c1-4-13-10(2)14(18-17-13)15(20)19-16-11(3)12-8-6-5-7-9-12/h5-9H,4H2,1-3H3,(H,17,18)(H,19,20)/b16-11+. The van der Waals surface area contributed by atoms with Gasteiger partial charge in [-0.3, -0.25) is 9.89 Å². The molecule has 1 aromatic heterocycles. The minimum Gasteiger partial charge on any atom is -0.282 e. The molecule has 0 aliphatic heterocycles. The van der Waals surface area contributed by atoms with E-state index in [4.69, 9.17) is 0 Å². The molecule has 2 N–H and O–H groups in total. The summed E-state index contributed by atoms with van der Waals surface area (Å²) in [5.74, 6) is -0.297. The molecule has 0 atom stereocenters. The lowest BCUT2D eigenvalue weighted by Crippen LogP contribution is -2.20. The predicted octanol–water partition coefficient (Wildman–Crippen LogP) is 2.43. The molecule has 1 heterocycles. The summed E-state index contributed by atoms with van der Waals surface area (Å²) in [5.41, 5.74) is 6.51. The number of aromatic amines is 1. The van der Waals surface area contributed by atoms with E-state index in [9.17, 15) is 4.79 Å². The molecule has 2 rings (SSSR count). The Bertz CT molecular complexity index is 629. The SMILES string of the molecule is CCc1[nH]nc(C(=O)N/N=C(\C)c2ccccc2)c1C. The minimum absolute atomic E-state index is 0.297. The van der Waals surface area contributed by atoms with E-state index in [-0.39, 0.29) is 5.91 Å². The summed E-state index contributed by atoms with van der Waals surface area (Å²) < 4.78 is 0. The highest BCUT2D eigenvalue weighted by Crippen LogP contribution is 2.10. The minimum atomic E-state index is -0.297. The van der Waals surface area contributed by atoms with Crippen LogP contribution in [0.1, 0.15) is 41.2 Å². The van der Waals surface area contributed by atoms with Crippen molar-refractivity contribution in [2.45, 2.75) is 27.2 Å². The molecule has 0 saturated heterocycles. The maximum absolute atomic E-state index is 12.0. The number of nitrogens with zero attached hydrogens (tertiary/aromatic N) is 2. The van der Waals surface area contributed by atoms with Crippen LogP contribution in [-0.2, 0) is 6.42 Å². The highest BCUT2D eigenvalue weighted by Gasteiger charge is 2.14. The molecule has 0 aliphatic carbocycles. The van der Waals surface area contributed by atoms with Gasteiger partial charge < -0.3 is 0 Å². The molecule has 0 saturated carbocycles. The second-order valence-corrected chi connectivity index (χ2v) is 4.53. The summed E-state index contributed by atoms with van der Waals surface area (Å²) in [6, 6.07) is 9.69. The number of rotatable bonds is 4. The molecule has 0 aliphatic rings. The highest BCUT2D eigenvalue weighted by atomic mass is 16.2. The van der Waals surface area contributed by atoms with E-state index >= 15 is 0 Å². The fourth-order valence-corrected chi connectivity index (χ4v) is 1.93. The average Bonchev–Trinajstić information content (AvgIpc) is 2.86. The Kier molecular flexibility index (Phi) is 4.30. The smallest absolute Gasteiger partial charge is 0.282 e. The van der Waals surface area contributed by atoms with Crippen LogP contribution in [0.2, 0.25) is 0 Å². The fourth-order valence-electron chi connectivity index (χ4n) is 1.93. The van der Waals surface area contributed by atoms with Crippen molar-refractivity contribution in [2.75, 3.05) is 0 Å².